The van der Waals surface area contributed by atoms with E-state index < -0.39 is 10.0 Å². The lowest BCUT2D eigenvalue weighted by Gasteiger charge is -2.20. The molecule has 108 valence electrons. The van der Waals surface area contributed by atoms with E-state index in [4.69, 9.17) is 11.6 Å². The topological polar surface area (TPSA) is 67.2 Å². The Balaban J connectivity index is 2.02. The van der Waals surface area contributed by atoms with Crippen molar-refractivity contribution in [2.45, 2.75) is 30.8 Å². The number of imidazole rings is 1. The minimum Gasteiger partial charge on any atom is -0.324 e. The van der Waals surface area contributed by atoms with E-state index in [1.54, 1.807) is 7.05 Å². The van der Waals surface area contributed by atoms with E-state index in [1.165, 1.54) is 23.7 Å². The van der Waals surface area contributed by atoms with Crippen molar-refractivity contribution in [2.75, 3.05) is 19.6 Å². The highest BCUT2D eigenvalue weighted by Crippen LogP contribution is 2.18. The number of aryl methyl sites for hydroxylation is 1. The van der Waals surface area contributed by atoms with E-state index in [1.807, 2.05) is 6.92 Å². The Hall–Kier alpha value is -0.630. The van der Waals surface area contributed by atoms with E-state index >= 15 is 0 Å². The molecule has 0 bridgehead atoms. The first-order chi connectivity index (χ1) is 8.90. The molecule has 19 heavy (non-hydrogen) atoms. The lowest BCUT2D eigenvalue weighted by atomic mass is 10.3. The van der Waals surface area contributed by atoms with Crippen molar-refractivity contribution in [3.05, 3.63) is 11.5 Å². The van der Waals surface area contributed by atoms with Crippen LogP contribution in [0.4, 0.5) is 0 Å². The van der Waals surface area contributed by atoms with Gasteiger partial charge in [0.15, 0.2) is 0 Å². The predicted molar refractivity (Wildman–Crippen MR) is 73.7 cm³/mol. The third kappa shape index (κ3) is 3.47. The van der Waals surface area contributed by atoms with Crippen molar-refractivity contribution in [2.24, 2.45) is 7.05 Å². The first-order valence-corrected chi connectivity index (χ1v) is 8.18. The normalized spacial score (nSPS) is 18.9. The fraction of sp³-hybridized carbons (Fsp3) is 0.727. The van der Waals surface area contributed by atoms with E-state index in [9.17, 15) is 8.42 Å². The molecule has 2 heterocycles. The van der Waals surface area contributed by atoms with Crippen molar-refractivity contribution in [1.29, 1.82) is 0 Å². The summed E-state index contributed by atoms with van der Waals surface area (Å²) in [5, 5.41) is 0.0193. The zero-order chi connectivity index (χ0) is 14.0. The van der Waals surface area contributed by atoms with E-state index in [2.05, 4.69) is 14.6 Å². The number of halogens is 1. The van der Waals surface area contributed by atoms with Gasteiger partial charge in [0.1, 0.15) is 5.15 Å². The average Bonchev–Trinajstić information content (AvgIpc) is 2.90. The van der Waals surface area contributed by atoms with Crippen LogP contribution in [0.1, 0.15) is 19.8 Å². The van der Waals surface area contributed by atoms with Crippen LogP contribution in [0.2, 0.25) is 5.15 Å². The van der Waals surface area contributed by atoms with Gasteiger partial charge < -0.3 is 9.47 Å². The molecule has 0 aliphatic carbocycles. The third-order valence-electron chi connectivity index (χ3n) is 3.18. The second-order valence-corrected chi connectivity index (χ2v) is 6.97. The van der Waals surface area contributed by atoms with Crippen LogP contribution in [-0.2, 0) is 17.1 Å². The first kappa shape index (κ1) is 14.8. The number of hydrogen-bond donors (Lipinski definition) is 1. The molecule has 0 radical (unpaired) electrons. The number of nitrogens with zero attached hydrogens (tertiary/aromatic N) is 3. The van der Waals surface area contributed by atoms with Crippen molar-refractivity contribution in [3.63, 3.8) is 0 Å². The molecule has 0 saturated carbocycles. The summed E-state index contributed by atoms with van der Waals surface area (Å²) in [6.07, 6.45) is 3.76. The Morgan fingerprint density at radius 2 is 2.11 bits per heavy atom. The average molecular weight is 307 g/mol. The molecular formula is C11H19ClN4O2S. The molecule has 1 fully saturated rings. The zero-order valence-electron chi connectivity index (χ0n) is 11.1. The Morgan fingerprint density at radius 3 is 2.63 bits per heavy atom. The summed E-state index contributed by atoms with van der Waals surface area (Å²) in [4.78, 5) is 6.10. The van der Waals surface area contributed by atoms with Gasteiger partial charge in [-0.1, -0.05) is 11.6 Å². The van der Waals surface area contributed by atoms with Crippen LogP contribution in [0, 0.1) is 0 Å². The summed E-state index contributed by atoms with van der Waals surface area (Å²) >= 11 is 5.92. The highest BCUT2D eigenvalue weighted by atomic mass is 35.5. The summed E-state index contributed by atoms with van der Waals surface area (Å²) in [7, 11) is -2.00. The Morgan fingerprint density at radius 1 is 1.47 bits per heavy atom. The van der Waals surface area contributed by atoms with Crippen molar-refractivity contribution < 1.29 is 8.42 Å². The van der Waals surface area contributed by atoms with Crippen LogP contribution in [0.15, 0.2) is 11.4 Å². The Bertz CT molecular complexity index is 537. The molecular weight excluding hydrogens is 288 g/mol. The second-order valence-electron chi connectivity index (χ2n) is 4.98. The summed E-state index contributed by atoms with van der Waals surface area (Å²) in [6.45, 7) is 4.64. The van der Waals surface area contributed by atoms with Crippen LogP contribution >= 0.6 is 11.6 Å². The van der Waals surface area contributed by atoms with Gasteiger partial charge in [0.25, 0.3) is 10.0 Å². The van der Waals surface area contributed by atoms with Crippen LogP contribution in [0.5, 0.6) is 0 Å². The number of likely N-dealkylation sites (tertiary alicyclic amines) is 1. The molecule has 2 rings (SSSR count). The molecule has 1 saturated heterocycles. The second kappa shape index (κ2) is 5.78. The predicted octanol–water partition coefficient (Wildman–Crippen LogP) is 0.836. The maximum Gasteiger partial charge on any atom is 0.261 e. The quantitative estimate of drug-likeness (QED) is 0.875. The van der Waals surface area contributed by atoms with Gasteiger partial charge >= 0.3 is 0 Å². The number of sulfonamides is 1. The maximum absolute atomic E-state index is 12.2. The van der Waals surface area contributed by atoms with Crippen LogP contribution in [0.25, 0.3) is 0 Å². The lowest BCUT2D eigenvalue weighted by molar-refractivity contribution is 0.312. The van der Waals surface area contributed by atoms with Gasteiger partial charge in [-0.2, -0.15) is 0 Å². The molecule has 1 aromatic heterocycles. The van der Waals surface area contributed by atoms with Crippen molar-refractivity contribution in [3.8, 4) is 0 Å². The number of nitrogens with one attached hydrogen (secondary N) is 1. The molecule has 1 atom stereocenters. The first-order valence-electron chi connectivity index (χ1n) is 6.31. The van der Waals surface area contributed by atoms with Gasteiger partial charge in [-0.25, -0.2) is 18.1 Å². The van der Waals surface area contributed by atoms with Gasteiger partial charge in [-0.05, 0) is 32.9 Å². The number of hydrogen-bond acceptors (Lipinski definition) is 4. The SMILES string of the molecule is CC(CN1CCCC1)NS(=O)(=O)c1ncn(C)c1Cl. The molecule has 1 unspecified atom stereocenters. The molecule has 1 aromatic rings. The van der Waals surface area contributed by atoms with Crippen LogP contribution in [-0.4, -0.2) is 48.5 Å². The van der Waals surface area contributed by atoms with Crippen LogP contribution in [0.3, 0.4) is 0 Å². The number of aromatic nitrogens is 2. The molecule has 1 N–H and O–H groups in total. The molecule has 6 nitrogen and oxygen atoms in total. The largest absolute Gasteiger partial charge is 0.324 e. The van der Waals surface area contributed by atoms with Gasteiger partial charge in [-0.15, -0.1) is 0 Å². The summed E-state index contributed by atoms with van der Waals surface area (Å²) < 4.78 is 28.4. The monoisotopic (exact) mass is 306 g/mol. The van der Waals surface area contributed by atoms with Gasteiger partial charge in [-0.3, -0.25) is 0 Å². The molecule has 8 heteroatoms. The fourth-order valence-electron chi connectivity index (χ4n) is 2.28. The van der Waals surface area contributed by atoms with E-state index in [-0.39, 0.29) is 16.2 Å². The molecule has 0 spiro atoms. The van der Waals surface area contributed by atoms with Gasteiger partial charge in [0, 0.05) is 19.6 Å². The molecule has 0 aromatic carbocycles. The summed E-state index contributed by atoms with van der Waals surface area (Å²) in [5.74, 6) is 0. The van der Waals surface area contributed by atoms with Crippen molar-refractivity contribution >= 4 is 21.6 Å². The molecule has 1 aliphatic heterocycles. The van der Waals surface area contributed by atoms with E-state index in [0.29, 0.717) is 6.54 Å². The highest BCUT2D eigenvalue weighted by molar-refractivity contribution is 7.89. The summed E-state index contributed by atoms with van der Waals surface area (Å²) in [6, 6.07) is -0.166. The molecule has 0 amide bonds. The van der Waals surface area contributed by atoms with E-state index in [0.717, 1.165) is 13.1 Å². The van der Waals surface area contributed by atoms with Gasteiger partial charge in [0.05, 0.1) is 6.33 Å². The van der Waals surface area contributed by atoms with Crippen LogP contribution < -0.4 is 4.72 Å². The summed E-state index contributed by atoms with van der Waals surface area (Å²) in [5.41, 5.74) is 0. The maximum atomic E-state index is 12.2. The standard InChI is InChI=1S/C11H19ClN4O2S/c1-9(7-16-5-3-4-6-16)14-19(17,18)11-10(12)15(2)8-13-11/h8-9,14H,3-7H2,1-2H3. The smallest absolute Gasteiger partial charge is 0.261 e. The molecule has 1 aliphatic rings. The minimum atomic E-state index is -3.65. The zero-order valence-corrected chi connectivity index (χ0v) is 12.7. The Labute approximate surface area is 118 Å². The highest BCUT2D eigenvalue weighted by Gasteiger charge is 2.25. The Kier molecular flexibility index (Phi) is 4.50. The minimum absolute atomic E-state index is 0.107. The fourth-order valence-corrected chi connectivity index (χ4v) is 3.95. The third-order valence-corrected chi connectivity index (χ3v) is 5.25. The number of rotatable bonds is 5. The lowest BCUT2D eigenvalue weighted by Crippen LogP contribution is -2.41. The van der Waals surface area contributed by atoms with Gasteiger partial charge in [0.2, 0.25) is 5.03 Å². The van der Waals surface area contributed by atoms with Crippen molar-refractivity contribution in [1.82, 2.24) is 19.2 Å².